The Bertz CT molecular complexity index is 923. The van der Waals surface area contributed by atoms with Gasteiger partial charge in [-0.3, -0.25) is 19.3 Å². The Morgan fingerprint density at radius 3 is 2.65 bits per heavy atom. The van der Waals surface area contributed by atoms with Crippen LogP contribution in [-0.4, -0.2) is 48.8 Å². The molecule has 2 N–H and O–H groups in total. The van der Waals surface area contributed by atoms with Gasteiger partial charge in [-0.1, -0.05) is 6.07 Å². The zero-order valence-corrected chi connectivity index (χ0v) is 18.3. The summed E-state index contributed by atoms with van der Waals surface area (Å²) in [6.07, 6.45) is 3.41. The number of benzene rings is 1. The quantitative estimate of drug-likeness (QED) is 0.677. The summed E-state index contributed by atoms with van der Waals surface area (Å²) in [6.45, 7) is 4.19. The minimum Gasteiger partial charge on any atom is -0.348 e. The Balaban J connectivity index is 1.21. The van der Waals surface area contributed by atoms with Gasteiger partial charge in [0.2, 0.25) is 5.91 Å². The third-order valence-corrected chi connectivity index (χ3v) is 6.67. The van der Waals surface area contributed by atoms with E-state index in [4.69, 9.17) is 0 Å². The Kier molecular flexibility index (Phi) is 6.99. The molecule has 31 heavy (non-hydrogen) atoms. The van der Waals surface area contributed by atoms with Crippen molar-refractivity contribution in [3.05, 3.63) is 46.7 Å². The Morgan fingerprint density at radius 2 is 1.94 bits per heavy atom. The van der Waals surface area contributed by atoms with Gasteiger partial charge in [-0.05, 0) is 78.9 Å². The van der Waals surface area contributed by atoms with Crippen molar-refractivity contribution in [2.45, 2.75) is 32.2 Å². The first-order chi connectivity index (χ1) is 15.1. The number of hydrogen-bond acceptors (Lipinski definition) is 5. The normalized spacial score (nSPS) is 17.7. The van der Waals surface area contributed by atoms with E-state index in [0.29, 0.717) is 31.1 Å². The topological polar surface area (TPSA) is 81.8 Å². The molecule has 1 aromatic carbocycles. The molecular formula is C23H28N4O3S. The van der Waals surface area contributed by atoms with Gasteiger partial charge < -0.3 is 15.5 Å². The number of carbonyl (C=O) groups is 3. The van der Waals surface area contributed by atoms with E-state index in [-0.39, 0.29) is 5.91 Å². The number of nitrogens with zero attached hydrogens (tertiary/aromatic N) is 2. The molecule has 0 atom stereocenters. The zero-order valence-electron chi connectivity index (χ0n) is 17.5. The number of amides is 3. The van der Waals surface area contributed by atoms with Crippen molar-refractivity contribution in [2.24, 2.45) is 5.92 Å². The average molecular weight is 441 g/mol. The molecule has 4 rings (SSSR count). The fourth-order valence-corrected chi connectivity index (χ4v) is 4.83. The van der Waals surface area contributed by atoms with Gasteiger partial charge in [-0.2, -0.15) is 11.3 Å². The van der Waals surface area contributed by atoms with Crippen LogP contribution in [0.25, 0.3) is 0 Å². The van der Waals surface area contributed by atoms with Gasteiger partial charge in [0.1, 0.15) is 0 Å². The van der Waals surface area contributed by atoms with E-state index >= 15 is 0 Å². The molecule has 3 amide bonds. The lowest BCUT2D eigenvalue weighted by Crippen LogP contribution is -2.41. The lowest BCUT2D eigenvalue weighted by molar-refractivity contribution is -0.136. The van der Waals surface area contributed by atoms with Crippen LogP contribution in [-0.2, 0) is 20.9 Å². The van der Waals surface area contributed by atoms with Crippen molar-refractivity contribution in [3.63, 3.8) is 0 Å². The van der Waals surface area contributed by atoms with Gasteiger partial charge in [0, 0.05) is 37.4 Å². The Hall–Kier alpha value is -2.71. The first-order valence-electron chi connectivity index (χ1n) is 10.8. The molecule has 1 aromatic heterocycles. The summed E-state index contributed by atoms with van der Waals surface area (Å²) in [7, 11) is 0. The highest BCUT2D eigenvalue weighted by Gasteiger charge is 2.23. The molecule has 2 aliphatic heterocycles. The maximum Gasteiger partial charge on any atom is 0.313 e. The molecule has 0 bridgehead atoms. The van der Waals surface area contributed by atoms with Crippen LogP contribution in [0.1, 0.15) is 31.2 Å². The molecule has 2 aromatic rings. The minimum absolute atomic E-state index is 0.0857. The summed E-state index contributed by atoms with van der Waals surface area (Å²) in [5, 5.41) is 9.71. The predicted molar refractivity (Wildman–Crippen MR) is 122 cm³/mol. The third-order valence-electron chi connectivity index (χ3n) is 5.94. The molecule has 164 valence electrons. The number of likely N-dealkylation sites (tertiary alicyclic amines) is 1. The van der Waals surface area contributed by atoms with Gasteiger partial charge in [0.25, 0.3) is 0 Å². The molecule has 3 heterocycles. The van der Waals surface area contributed by atoms with Crippen LogP contribution in [0.2, 0.25) is 0 Å². The number of piperidine rings is 1. The monoisotopic (exact) mass is 440 g/mol. The van der Waals surface area contributed by atoms with Gasteiger partial charge in [0.05, 0.1) is 0 Å². The van der Waals surface area contributed by atoms with Gasteiger partial charge >= 0.3 is 11.8 Å². The lowest BCUT2D eigenvalue weighted by Gasteiger charge is -2.31. The maximum atomic E-state index is 12.3. The predicted octanol–water partition coefficient (Wildman–Crippen LogP) is 2.84. The second-order valence-electron chi connectivity index (χ2n) is 8.21. The summed E-state index contributed by atoms with van der Waals surface area (Å²) in [5.74, 6) is -0.828. The molecule has 2 aliphatic rings. The molecule has 0 aliphatic carbocycles. The molecule has 8 heteroatoms. The number of nitrogens with one attached hydrogen (secondary N) is 2. The number of rotatable bonds is 6. The lowest BCUT2D eigenvalue weighted by atomic mass is 9.96. The van der Waals surface area contributed by atoms with E-state index in [1.807, 2.05) is 6.07 Å². The zero-order chi connectivity index (χ0) is 21.6. The van der Waals surface area contributed by atoms with Gasteiger partial charge in [0.15, 0.2) is 0 Å². The van der Waals surface area contributed by atoms with Crippen LogP contribution in [0.15, 0.2) is 41.1 Å². The van der Waals surface area contributed by atoms with Crippen molar-refractivity contribution in [1.82, 2.24) is 10.2 Å². The fourth-order valence-electron chi connectivity index (χ4n) is 4.17. The molecule has 0 radical (unpaired) electrons. The first-order valence-corrected chi connectivity index (χ1v) is 11.8. The van der Waals surface area contributed by atoms with Crippen LogP contribution >= 0.6 is 11.3 Å². The van der Waals surface area contributed by atoms with Crippen LogP contribution in [0.3, 0.4) is 0 Å². The molecule has 0 unspecified atom stereocenters. The van der Waals surface area contributed by atoms with Crippen LogP contribution < -0.4 is 15.5 Å². The van der Waals surface area contributed by atoms with Crippen LogP contribution in [0.4, 0.5) is 11.4 Å². The van der Waals surface area contributed by atoms with E-state index in [9.17, 15) is 14.4 Å². The number of anilines is 2. The highest BCUT2D eigenvalue weighted by Crippen LogP contribution is 2.24. The second-order valence-corrected chi connectivity index (χ2v) is 8.99. The van der Waals surface area contributed by atoms with E-state index in [1.54, 1.807) is 34.4 Å². The number of carbonyl (C=O) groups excluding carboxylic acids is 3. The van der Waals surface area contributed by atoms with Crippen molar-refractivity contribution in [1.29, 1.82) is 0 Å². The molecule has 2 fully saturated rings. The Labute approximate surface area is 186 Å². The second kappa shape index (κ2) is 10.1. The Morgan fingerprint density at radius 1 is 1.10 bits per heavy atom. The number of thiophene rings is 1. The largest absolute Gasteiger partial charge is 0.348 e. The standard InChI is InChI=1S/C23H28N4O3S/c28-21-5-2-9-27(21)20-4-1-3-19(13-20)25-23(30)22(29)24-14-17-6-10-26(11-7-17)15-18-8-12-31-16-18/h1,3-4,8,12-13,16-17H,2,5-7,9-11,14-15H2,(H,24,29)(H,25,30). The summed E-state index contributed by atoms with van der Waals surface area (Å²) < 4.78 is 0. The summed E-state index contributed by atoms with van der Waals surface area (Å²) in [4.78, 5) is 40.6. The van der Waals surface area contributed by atoms with Crippen molar-refractivity contribution < 1.29 is 14.4 Å². The maximum absolute atomic E-state index is 12.3. The number of hydrogen-bond donors (Lipinski definition) is 2. The summed E-state index contributed by atoms with van der Waals surface area (Å²) >= 11 is 1.72. The summed E-state index contributed by atoms with van der Waals surface area (Å²) in [6, 6.07) is 9.23. The third kappa shape index (κ3) is 5.71. The molecule has 0 saturated carbocycles. The van der Waals surface area contributed by atoms with Crippen LogP contribution in [0.5, 0.6) is 0 Å². The minimum atomic E-state index is -0.681. The molecule has 2 saturated heterocycles. The fraction of sp³-hybridized carbons (Fsp3) is 0.435. The molecular weight excluding hydrogens is 412 g/mol. The van der Waals surface area contributed by atoms with Crippen molar-refractivity contribution in [3.8, 4) is 0 Å². The van der Waals surface area contributed by atoms with Crippen molar-refractivity contribution in [2.75, 3.05) is 36.4 Å². The van der Waals surface area contributed by atoms with E-state index in [0.717, 1.165) is 44.6 Å². The summed E-state index contributed by atoms with van der Waals surface area (Å²) in [5.41, 5.74) is 2.61. The van der Waals surface area contributed by atoms with Gasteiger partial charge in [-0.25, -0.2) is 0 Å². The van der Waals surface area contributed by atoms with Crippen LogP contribution in [0, 0.1) is 5.92 Å². The van der Waals surface area contributed by atoms with Gasteiger partial charge in [-0.15, -0.1) is 0 Å². The smallest absolute Gasteiger partial charge is 0.313 e. The highest BCUT2D eigenvalue weighted by atomic mass is 32.1. The first kappa shape index (κ1) is 21.5. The van der Waals surface area contributed by atoms with Crippen molar-refractivity contribution >= 4 is 40.4 Å². The SMILES string of the molecule is O=C(NCC1CCN(Cc2ccsc2)CC1)C(=O)Nc1cccc(N2CCCC2=O)c1. The highest BCUT2D eigenvalue weighted by molar-refractivity contribution is 7.07. The van der Waals surface area contributed by atoms with E-state index < -0.39 is 11.8 Å². The average Bonchev–Trinajstić information content (AvgIpc) is 3.45. The van der Waals surface area contributed by atoms with E-state index in [1.165, 1.54) is 5.56 Å². The van der Waals surface area contributed by atoms with E-state index in [2.05, 4.69) is 32.4 Å². The molecule has 0 spiro atoms. The molecule has 7 nitrogen and oxygen atoms in total.